The highest BCUT2D eigenvalue weighted by Crippen LogP contribution is 2.30. The van der Waals surface area contributed by atoms with Gasteiger partial charge in [0.2, 0.25) is 0 Å². The van der Waals surface area contributed by atoms with Crippen LogP contribution in [0.1, 0.15) is 44.6 Å². The van der Waals surface area contributed by atoms with Gasteiger partial charge < -0.3 is 10.2 Å². The van der Waals surface area contributed by atoms with Crippen molar-refractivity contribution in [1.29, 1.82) is 0 Å². The first-order chi connectivity index (χ1) is 13.5. The van der Waals surface area contributed by atoms with Crippen LogP contribution in [0.25, 0.3) is 0 Å². The predicted molar refractivity (Wildman–Crippen MR) is 112 cm³/mol. The molecule has 2 amide bonds. The van der Waals surface area contributed by atoms with E-state index in [1.54, 1.807) is 29.2 Å². The molecule has 0 spiro atoms. The van der Waals surface area contributed by atoms with Crippen molar-refractivity contribution in [3.8, 4) is 0 Å². The largest absolute Gasteiger partial charge is 0.322 e. The first-order valence-corrected chi connectivity index (χ1v) is 11.5. The van der Waals surface area contributed by atoms with Crippen LogP contribution in [-0.2, 0) is 16.4 Å². The lowest BCUT2D eigenvalue weighted by Gasteiger charge is -2.23. The zero-order valence-electron chi connectivity index (χ0n) is 16.3. The summed E-state index contributed by atoms with van der Waals surface area (Å²) in [5.74, 6) is 0. The number of carbonyl (C=O) groups excluding carboxylic acids is 1. The Morgan fingerprint density at radius 2 is 1.68 bits per heavy atom. The van der Waals surface area contributed by atoms with Gasteiger partial charge in [-0.2, -0.15) is 0 Å². The van der Waals surface area contributed by atoms with Crippen molar-refractivity contribution < 1.29 is 13.2 Å². The highest BCUT2D eigenvalue weighted by molar-refractivity contribution is 7.92. The minimum absolute atomic E-state index is 0.183. The van der Waals surface area contributed by atoms with Crippen LogP contribution in [0.15, 0.2) is 59.5 Å². The van der Waals surface area contributed by atoms with E-state index < -0.39 is 9.84 Å². The molecule has 0 unspecified atom stereocenters. The molecule has 1 saturated carbocycles. The molecule has 2 aromatic rings. The molecule has 0 saturated heterocycles. The number of nitrogens with zero attached hydrogens (tertiary/aromatic N) is 1. The molecule has 28 heavy (non-hydrogen) atoms. The minimum atomic E-state index is -3.27. The van der Waals surface area contributed by atoms with Crippen molar-refractivity contribution in [1.82, 2.24) is 4.90 Å². The second-order valence-corrected chi connectivity index (χ2v) is 9.54. The maximum Gasteiger partial charge on any atom is 0.322 e. The van der Waals surface area contributed by atoms with Gasteiger partial charge in [-0.05, 0) is 49.1 Å². The molecule has 6 heteroatoms. The van der Waals surface area contributed by atoms with Crippen LogP contribution in [-0.4, -0.2) is 31.1 Å². The molecule has 5 nitrogen and oxygen atoms in total. The fourth-order valence-electron chi connectivity index (χ4n) is 3.65. The SMILES string of the molecule is CCCN(Cc1ccccc1)C(=O)Nc1ccc(S(=O)(=O)C2CCCC2)cc1. The van der Waals surface area contributed by atoms with Crippen LogP contribution in [0.3, 0.4) is 0 Å². The zero-order chi connectivity index (χ0) is 20.0. The number of anilines is 1. The molecule has 0 heterocycles. The Labute approximate surface area is 167 Å². The van der Waals surface area contributed by atoms with E-state index in [1.165, 1.54) is 0 Å². The second-order valence-electron chi connectivity index (χ2n) is 7.31. The smallest absolute Gasteiger partial charge is 0.320 e. The molecule has 2 aromatic carbocycles. The van der Waals surface area contributed by atoms with E-state index in [9.17, 15) is 13.2 Å². The van der Waals surface area contributed by atoms with Gasteiger partial charge in [0.25, 0.3) is 0 Å². The number of carbonyl (C=O) groups is 1. The zero-order valence-corrected chi connectivity index (χ0v) is 17.1. The van der Waals surface area contributed by atoms with E-state index in [-0.39, 0.29) is 11.3 Å². The van der Waals surface area contributed by atoms with Crippen molar-refractivity contribution >= 4 is 21.6 Å². The Hall–Kier alpha value is -2.34. The fraction of sp³-hybridized carbons (Fsp3) is 0.409. The molecular formula is C22H28N2O3S. The van der Waals surface area contributed by atoms with Crippen molar-refractivity contribution in [3.63, 3.8) is 0 Å². The van der Waals surface area contributed by atoms with E-state index in [2.05, 4.69) is 5.32 Å². The number of hydrogen-bond acceptors (Lipinski definition) is 3. The normalized spacial score (nSPS) is 14.8. The number of benzene rings is 2. The van der Waals surface area contributed by atoms with Crippen LogP contribution in [0.2, 0.25) is 0 Å². The number of amides is 2. The van der Waals surface area contributed by atoms with Gasteiger partial charge in [-0.25, -0.2) is 13.2 Å². The Morgan fingerprint density at radius 1 is 1.04 bits per heavy atom. The van der Waals surface area contributed by atoms with Gasteiger partial charge in [-0.1, -0.05) is 50.1 Å². The summed E-state index contributed by atoms with van der Waals surface area (Å²) in [7, 11) is -3.27. The highest BCUT2D eigenvalue weighted by Gasteiger charge is 2.30. The molecule has 1 N–H and O–H groups in total. The summed E-state index contributed by atoms with van der Waals surface area (Å²) < 4.78 is 25.3. The van der Waals surface area contributed by atoms with Crippen molar-refractivity contribution in [2.75, 3.05) is 11.9 Å². The number of sulfone groups is 1. The monoisotopic (exact) mass is 400 g/mol. The Kier molecular flexibility index (Phi) is 6.73. The summed E-state index contributed by atoms with van der Waals surface area (Å²) in [4.78, 5) is 14.8. The number of rotatable bonds is 7. The fourth-order valence-corrected chi connectivity index (χ4v) is 5.50. The third-order valence-corrected chi connectivity index (χ3v) is 7.45. The molecule has 0 bridgehead atoms. The van der Waals surface area contributed by atoms with E-state index >= 15 is 0 Å². The van der Waals surface area contributed by atoms with Gasteiger partial charge >= 0.3 is 6.03 Å². The molecule has 1 fully saturated rings. The van der Waals surface area contributed by atoms with Gasteiger partial charge in [0.15, 0.2) is 9.84 Å². The maximum atomic E-state index is 12.7. The van der Waals surface area contributed by atoms with Crippen LogP contribution in [0.5, 0.6) is 0 Å². The molecule has 3 rings (SSSR count). The van der Waals surface area contributed by atoms with Crippen LogP contribution in [0, 0.1) is 0 Å². The quantitative estimate of drug-likeness (QED) is 0.723. The lowest BCUT2D eigenvalue weighted by Crippen LogP contribution is -2.35. The molecular weight excluding hydrogens is 372 g/mol. The van der Waals surface area contributed by atoms with Crippen molar-refractivity contribution in [3.05, 3.63) is 60.2 Å². The highest BCUT2D eigenvalue weighted by atomic mass is 32.2. The van der Waals surface area contributed by atoms with E-state index in [0.717, 1.165) is 37.7 Å². The third-order valence-electron chi connectivity index (χ3n) is 5.17. The first-order valence-electron chi connectivity index (χ1n) is 9.94. The Balaban J connectivity index is 1.67. The van der Waals surface area contributed by atoms with E-state index in [0.29, 0.717) is 23.7 Å². The molecule has 0 aromatic heterocycles. The summed E-state index contributed by atoms with van der Waals surface area (Å²) in [6.45, 7) is 3.22. The summed E-state index contributed by atoms with van der Waals surface area (Å²) in [6, 6.07) is 16.2. The molecule has 1 aliphatic carbocycles. The van der Waals surface area contributed by atoms with Crippen LogP contribution in [0.4, 0.5) is 10.5 Å². The molecule has 0 radical (unpaired) electrons. The lowest BCUT2D eigenvalue weighted by molar-refractivity contribution is 0.209. The topological polar surface area (TPSA) is 66.5 Å². The Morgan fingerprint density at radius 3 is 2.29 bits per heavy atom. The van der Waals surface area contributed by atoms with Gasteiger partial charge in [0.1, 0.15) is 0 Å². The predicted octanol–water partition coefficient (Wildman–Crippen LogP) is 4.85. The standard InChI is InChI=1S/C22H28N2O3S/c1-2-16-24(17-18-8-4-3-5-9-18)22(25)23-19-12-14-21(15-13-19)28(26,27)20-10-6-7-11-20/h3-5,8-9,12-15,20H,2,6-7,10-11,16-17H2,1H3,(H,23,25). The van der Waals surface area contributed by atoms with Gasteiger partial charge in [0, 0.05) is 18.8 Å². The van der Waals surface area contributed by atoms with E-state index in [4.69, 9.17) is 0 Å². The summed E-state index contributed by atoms with van der Waals surface area (Å²) in [5, 5.41) is 2.62. The third kappa shape index (κ3) is 4.93. The first kappa shape index (κ1) is 20.4. The number of nitrogens with one attached hydrogen (secondary N) is 1. The lowest BCUT2D eigenvalue weighted by atomic mass is 10.2. The average Bonchev–Trinajstić information content (AvgIpc) is 3.25. The van der Waals surface area contributed by atoms with E-state index in [1.807, 2.05) is 37.3 Å². The second kappa shape index (κ2) is 9.24. The van der Waals surface area contributed by atoms with Gasteiger partial charge in [-0.3, -0.25) is 0 Å². The summed E-state index contributed by atoms with van der Waals surface area (Å²) in [6.07, 6.45) is 4.30. The van der Waals surface area contributed by atoms with Crippen LogP contribution < -0.4 is 5.32 Å². The Bertz CT molecular complexity index is 874. The van der Waals surface area contributed by atoms with Crippen molar-refractivity contribution in [2.45, 2.75) is 55.7 Å². The summed E-state index contributed by atoms with van der Waals surface area (Å²) in [5.41, 5.74) is 1.67. The van der Waals surface area contributed by atoms with Gasteiger partial charge in [-0.15, -0.1) is 0 Å². The molecule has 150 valence electrons. The minimum Gasteiger partial charge on any atom is -0.320 e. The molecule has 0 atom stereocenters. The molecule has 0 aliphatic heterocycles. The van der Waals surface area contributed by atoms with Crippen LogP contribution >= 0.6 is 0 Å². The van der Waals surface area contributed by atoms with Gasteiger partial charge in [0.05, 0.1) is 10.1 Å². The van der Waals surface area contributed by atoms with Crippen molar-refractivity contribution in [2.24, 2.45) is 0 Å². The number of hydrogen-bond donors (Lipinski definition) is 1. The summed E-state index contributed by atoms with van der Waals surface area (Å²) >= 11 is 0. The number of urea groups is 1. The molecule has 1 aliphatic rings. The maximum absolute atomic E-state index is 12.7. The average molecular weight is 401 g/mol.